The third-order valence-electron chi connectivity index (χ3n) is 5.48. The molecule has 0 spiro atoms. The fourth-order valence-electron chi connectivity index (χ4n) is 3.02. The Kier molecular flexibility index (Phi) is 9.83. The van der Waals surface area contributed by atoms with Gasteiger partial charge in [-0.15, -0.1) is 0 Å². The standard InChI is InChI=1S/C19H40/c1-8-11-12-17(5)19(6,7)15-18(10-3)14-13-16(4)9-2/h16-18H,8-15H2,1-7H3. The van der Waals surface area contributed by atoms with Crippen LogP contribution in [0.15, 0.2) is 0 Å². The lowest BCUT2D eigenvalue weighted by Crippen LogP contribution is -2.25. The van der Waals surface area contributed by atoms with E-state index < -0.39 is 0 Å². The maximum Gasteiger partial charge on any atom is -0.0326 e. The van der Waals surface area contributed by atoms with Crippen molar-refractivity contribution in [2.45, 2.75) is 99.8 Å². The fraction of sp³-hybridized carbons (Fsp3) is 1.00. The molecule has 3 unspecified atom stereocenters. The summed E-state index contributed by atoms with van der Waals surface area (Å²) in [6, 6.07) is 0. The van der Waals surface area contributed by atoms with E-state index in [1.807, 2.05) is 0 Å². The first kappa shape index (κ1) is 19.0. The van der Waals surface area contributed by atoms with Gasteiger partial charge in [0, 0.05) is 0 Å². The second-order valence-corrected chi connectivity index (χ2v) is 7.60. The lowest BCUT2D eigenvalue weighted by atomic mass is 9.70. The minimum atomic E-state index is 0.519. The lowest BCUT2D eigenvalue weighted by molar-refractivity contribution is 0.153. The molecule has 0 aliphatic heterocycles. The molecule has 0 nitrogen and oxygen atoms in total. The summed E-state index contributed by atoms with van der Waals surface area (Å²) in [4.78, 5) is 0. The van der Waals surface area contributed by atoms with Gasteiger partial charge >= 0.3 is 0 Å². The molecule has 0 heterocycles. The van der Waals surface area contributed by atoms with E-state index in [0.29, 0.717) is 5.41 Å². The second kappa shape index (κ2) is 9.83. The van der Waals surface area contributed by atoms with Crippen LogP contribution in [0.2, 0.25) is 0 Å². The predicted octanol–water partition coefficient (Wildman–Crippen LogP) is 7.08. The zero-order valence-electron chi connectivity index (χ0n) is 14.9. The molecule has 0 aliphatic rings. The third kappa shape index (κ3) is 8.00. The van der Waals surface area contributed by atoms with Crippen molar-refractivity contribution in [3.05, 3.63) is 0 Å². The number of hydrogen-bond donors (Lipinski definition) is 0. The monoisotopic (exact) mass is 268 g/mol. The smallest absolute Gasteiger partial charge is 0.0326 e. The van der Waals surface area contributed by atoms with Gasteiger partial charge in [0.25, 0.3) is 0 Å². The van der Waals surface area contributed by atoms with E-state index in [-0.39, 0.29) is 0 Å². The maximum atomic E-state index is 2.50. The van der Waals surface area contributed by atoms with Crippen LogP contribution in [-0.4, -0.2) is 0 Å². The van der Waals surface area contributed by atoms with Gasteiger partial charge in [0.2, 0.25) is 0 Å². The van der Waals surface area contributed by atoms with Gasteiger partial charge in [0.1, 0.15) is 0 Å². The summed E-state index contributed by atoms with van der Waals surface area (Å²) in [5.74, 6) is 2.72. The minimum absolute atomic E-state index is 0.519. The van der Waals surface area contributed by atoms with Crippen molar-refractivity contribution in [1.29, 1.82) is 0 Å². The van der Waals surface area contributed by atoms with Gasteiger partial charge < -0.3 is 0 Å². The van der Waals surface area contributed by atoms with E-state index in [2.05, 4.69) is 48.5 Å². The Morgan fingerprint density at radius 3 is 1.95 bits per heavy atom. The zero-order valence-corrected chi connectivity index (χ0v) is 14.9. The van der Waals surface area contributed by atoms with E-state index in [1.54, 1.807) is 0 Å². The van der Waals surface area contributed by atoms with Crippen molar-refractivity contribution in [1.82, 2.24) is 0 Å². The van der Waals surface area contributed by atoms with E-state index >= 15 is 0 Å². The maximum absolute atomic E-state index is 2.50. The summed E-state index contributed by atoms with van der Waals surface area (Å²) in [5.41, 5.74) is 0.519. The molecule has 0 N–H and O–H groups in total. The van der Waals surface area contributed by atoms with E-state index in [9.17, 15) is 0 Å². The molecule has 0 fully saturated rings. The average Bonchev–Trinajstić information content (AvgIpc) is 2.39. The van der Waals surface area contributed by atoms with Crippen LogP contribution >= 0.6 is 0 Å². The Labute approximate surface area is 123 Å². The molecular weight excluding hydrogens is 228 g/mol. The van der Waals surface area contributed by atoms with E-state index in [1.165, 1.54) is 51.4 Å². The molecule has 0 aliphatic carbocycles. The molecule has 0 aromatic heterocycles. The molecular formula is C19H40. The third-order valence-corrected chi connectivity index (χ3v) is 5.48. The van der Waals surface area contributed by atoms with Crippen LogP contribution in [0, 0.1) is 23.2 Å². The predicted molar refractivity (Wildman–Crippen MR) is 89.6 cm³/mol. The summed E-state index contributed by atoms with van der Waals surface area (Å²) >= 11 is 0. The lowest BCUT2D eigenvalue weighted by Gasteiger charge is -2.35. The Hall–Kier alpha value is 0. The van der Waals surface area contributed by atoms with Gasteiger partial charge in [-0.3, -0.25) is 0 Å². The van der Waals surface area contributed by atoms with Crippen LogP contribution in [0.3, 0.4) is 0 Å². The highest BCUT2D eigenvalue weighted by molar-refractivity contribution is 4.79. The van der Waals surface area contributed by atoms with Crippen molar-refractivity contribution in [3.63, 3.8) is 0 Å². The number of hydrogen-bond acceptors (Lipinski definition) is 0. The molecule has 116 valence electrons. The summed E-state index contributed by atoms with van der Waals surface area (Å²) in [6.45, 7) is 16.9. The molecule has 19 heavy (non-hydrogen) atoms. The van der Waals surface area contributed by atoms with Crippen molar-refractivity contribution in [2.24, 2.45) is 23.2 Å². The van der Waals surface area contributed by atoms with Gasteiger partial charge in [-0.05, 0) is 29.6 Å². The van der Waals surface area contributed by atoms with Crippen molar-refractivity contribution in [2.75, 3.05) is 0 Å². The molecule has 0 rings (SSSR count). The van der Waals surface area contributed by atoms with Crippen LogP contribution in [0.4, 0.5) is 0 Å². The van der Waals surface area contributed by atoms with Gasteiger partial charge in [0.05, 0.1) is 0 Å². The molecule has 3 atom stereocenters. The van der Waals surface area contributed by atoms with E-state index in [0.717, 1.165) is 17.8 Å². The molecule has 0 saturated heterocycles. The van der Waals surface area contributed by atoms with Gasteiger partial charge in [0.15, 0.2) is 0 Å². The second-order valence-electron chi connectivity index (χ2n) is 7.60. The van der Waals surface area contributed by atoms with Crippen LogP contribution in [0.25, 0.3) is 0 Å². The quantitative estimate of drug-likeness (QED) is 0.375. The summed E-state index contributed by atoms with van der Waals surface area (Å²) in [5, 5.41) is 0. The topological polar surface area (TPSA) is 0 Å². The first-order valence-corrected chi connectivity index (χ1v) is 8.87. The number of unbranched alkanes of at least 4 members (excludes halogenated alkanes) is 1. The molecule has 0 radical (unpaired) electrons. The SMILES string of the molecule is CCCCC(C)C(C)(C)CC(CC)CCC(C)CC. The summed E-state index contributed by atoms with van der Waals surface area (Å²) < 4.78 is 0. The Morgan fingerprint density at radius 1 is 0.842 bits per heavy atom. The zero-order chi connectivity index (χ0) is 14.9. The average molecular weight is 269 g/mol. The summed E-state index contributed by atoms with van der Waals surface area (Å²) in [7, 11) is 0. The highest BCUT2D eigenvalue weighted by Crippen LogP contribution is 2.39. The molecule has 0 saturated carbocycles. The van der Waals surface area contributed by atoms with Crippen molar-refractivity contribution in [3.8, 4) is 0 Å². The van der Waals surface area contributed by atoms with Gasteiger partial charge in [-0.1, -0.05) is 93.4 Å². The highest BCUT2D eigenvalue weighted by Gasteiger charge is 2.28. The Morgan fingerprint density at radius 2 is 1.47 bits per heavy atom. The Balaban J connectivity index is 4.25. The molecule has 0 amide bonds. The minimum Gasteiger partial charge on any atom is -0.0654 e. The van der Waals surface area contributed by atoms with Crippen molar-refractivity contribution < 1.29 is 0 Å². The Bertz CT molecular complexity index is 204. The number of rotatable bonds is 11. The molecule has 0 aromatic carbocycles. The molecule has 0 bridgehead atoms. The van der Waals surface area contributed by atoms with Crippen LogP contribution in [-0.2, 0) is 0 Å². The van der Waals surface area contributed by atoms with Crippen LogP contribution < -0.4 is 0 Å². The van der Waals surface area contributed by atoms with Gasteiger partial charge in [-0.25, -0.2) is 0 Å². The van der Waals surface area contributed by atoms with Gasteiger partial charge in [-0.2, -0.15) is 0 Å². The van der Waals surface area contributed by atoms with Crippen LogP contribution in [0.5, 0.6) is 0 Å². The first-order chi connectivity index (χ1) is 8.87. The van der Waals surface area contributed by atoms with Crippen molar-refractivity contribution >= 4 is 0 Å². The first-order valence-electron chi connectivity index (χ1n) is 8.87. The fourth-order valence-corrected chi connectivity index (χ4v) is 3.02. The normalized spacial score (nSPS) is 17.2. The largest absolute Gasteiger partial charge is 0.0654 e. The molecule has 0 aromatic rings. The molecule has 0 heteroatoms. The van der Waals surface area contributed by atoms with Crippen LogP contribution in [0.1, 0.15) is 99.8 Å². The summed E-state index contributed by atoms with van der Waals surface area (Å²) in [6.07, 6.45) is 11.1. The highest BCUT2D eigenvalue weighted by atomic mass is 14.3. The van der Waals surface area contributed by atoms with E-state index in [4.69, 9.17) is 0 Å².